The molecule has 4 heteroatoms. The summed E-state index contributed by atoms with van der Waals surface area (Å²) in [6.07, 6.45) is 4.40. The first-order valence-corrected chi connectivity index (χ1v) is 7.88. The normalized spacial score (nSPS) is 12.5. The van der Waals surface area contributed by atoms with E-state index in [0.29, 0.717) is 6.04 Å². The molecule has 1 N–H and O–H groups in total. The Labute approximate surface area is 117 Å². The fraction of sp³-hybridized carbons (Fsp3) is 0.538. The molecular weight excluding hydrogens is 298 g/mol. The summed E-state index contributed by atoms with van der Waals surface area (Å²) < 4.78 is 6.26. The lowest BCUT2D eigenvalue weighted by molar-refractivity contribution is 0.412. The van der Waals surface area contributed by atoms with Crippen molar-refractivity contribution in [2.75, 3.05) is 26.2 Å². The summed E-state index contributed by atoms with van der Waals surface area (Å²) in [6, 6.07) is 6.83. The molecule has 0 saturated carbocycles. The van der Waals surface area contributed by atoms with Crippen molar-refractivity contribution in [2.45, 2.75) is 18.9 Å². The van der Waals surface area contributed by atoms with Crippen molar-refractivity contribution >= 4 is 27.7 Å². The van der Waals surface area contributed by atoms with Gasteiger partial charge in [0.1, 0.15) is 5.75 Å². The van der Waals surface area contributed by atoms with Gasteiger partial charge in [-0.25, -0.2) is 0 Å². The standard InChI is InChI=1S/C13H20BrNOS/c1-15-11(6-7-17-3)8-10-4-5-13(16-2)12(14)9-10/h4-5,9,11,15H,6-8H2,1-3H3. The molecule has 2 nitrogen and oxygen atoms in total. The second-order valence-corrected chi connectivity index (χ2v) is 5.78. The predicted molar refractivity (Wildman–Crippen MR) is 80.2 cm³/mol. The van der Waals surface area contributed by atoms with Gasteiger partial charge in [0.2, 0.25) is 0 Å². The lowest BCUT2D eigenvalue weighted by atomic mass is 10.0. The van der Waals surface area contributed by atoms with E-state index in [1.807, 2.05) is 24.9 Å². The van der Waals surface area contributed by atoms with Gasteiger partial charge < -0.3 is 10.1 Å². The summed E-state index contributed by atoms with van der Waals surface area (Å²) >= 11 is 5.42. The number of likely N-dealkylation sites (N-methyl/N-ethyl adjacent to an activating group) is 1. The van der Waals surface area contributed by atoms with Crippen LogP contribution in [-0.4, -0.2) is 32.2 Å². The molecule has 1 aromatic carbocycles. The number of hydrogen-bond donors (Lipinski definition) is 1. The molecule has 1 rings (SSSR count). The van der Waals surface area contributed by atoms with Crippen LogP contribution < -0.4 is 10.1 Å². The minimum Gasteiger partial charge on any atom is -0.496 e. The van der Waals surface area contributed by atoms with Gasteiger partial charge >= 0.3 is 0 Å². The van der Waals surface area contributed by atoms with E-state index >= 15 is 0 Å². The average molecular weight is 318 g/mol. The molecule has 1 unspecified atom stereocenters. The van der Waals surface area contributed by atoms with E-state index in [1.54, 1.807) is 7.11 Å². The van der Waals surface area contributed by atoms with Gasteiger partial charge in [-0.3, -0.25) is 0 Å². The number of methoxy groups -OCH3 is 1. The van der Waals surface area contributed by atoms with E-state index in [1.165, 1.54) is 17.7 Å². The molecule has 0 saturated heterocycles. The number of hydrogen-bond acceptors (Lipinski definition) is 3. The zero-order valence-corrected chi connectivity index (χ0v) is 13.0. The van der Waals surface area contributed by atoms with Crippen LogP contribution in [0.3, 0.4) is 0 Å². The van der Waals surface area contributed by atoms with Gasteiger partial charge in [0.25, 0.3) is 0 Å². The molecule has 1 aromatic rings. The first-order valence-electron chi connectivity index (χ1n) is 5.70. The van der Waals surface area contributed by atoms with Crippen molar-refractivity contribution in [3.05, 3.63) is 28.2 Å². The lowest BCUT2D eigenvalue weighted by Gasteiger charge is -2.16. The van der Waals surface area contributed by atoms with E-state index in [9.17, 15) is 0 Å². The SMILES string of the molecule is CNC(CCSC)Cc1ccc(OC)c(Br)c1. The first-order chi connectivity index (χ1) is 8.21. The van der Waals surface area contributed by atoms with E-state index < -0.39 is 0 Å². The van der Waals surface area contributed by atoms with Crippen molar-refractivity contribution in [1.29, 1.82) is 0 Å². The summed E-state index contributed by atoms with van der Waals surface area (Å²) in [7, 11) is 3.72. The number of benzene rings is 1. The van der Waals surface area contributed by atoms with Gasteiger partial charge in [-0.15, -0.1) is 0 Å². The topological polar surface area (TPSA) is 21.3 Å². The smallest absolute Gasteiger partial charge is 0.133 e. The third kappa shape index (κ3) is 4.90. The third-order valence-corrected chi connectivity index (χ3v) is 4.04. The highest BCUT2D eigenvalue weighted by molar-refractivity contribution is 9.10. The quantitative estimate of drug-likeness (QED) is 0.833. The van der Waals surface area contributed by atoms with Crippen LogP contribution in [0.4, 0.5) is 0 Å². The van der Waals surface area contributed by atoms with Crippen LogP contribution >= 0.6 is 27.7 Å². The summed E-state index contributed by atoms with van der Waals surface area (Å²) in [4.78, 5) is 0. The van der Waals surface area contributed by atoms with Crippen LogP contribution in [0.25, 0.3) is 0 Å². The molecule has 0 aliphatic heterocycles. The molecule has 0 aliphatic carbocycles. The lowest BCUT2D eigenvalue weighted by Crippen LogP contribution is -2.28. The summed E-state index contributed by atoms with van der Waals surface area (Å²) in [5, 5.41) is 3.37. The molecule has 0 aromatic heterocycles. The number of halogens is 1. The van der Waals surface area contributed by atoms with Crippen LogP contribution in [0.2, 0.25) is 0 Å². The molecule has 17 heavy (non-hydrogen) atoms. The Balaban J connectivity index is 2.63. The number of rotatable bonds is 7. The van der Waals surface area contributed by atoms with Crippen LogP contribution in [0.1, 0.15) is 12.0 Å². The fourth-order valence-electron chi connectivity index (χ4n) is 1.73. The first kappa shape index (κ1) is 14.9. The van der Waals surface area contributed by atoms with E-state index in [2.05, 4.69) is 39.6 Å². The highest BCUT2D eigenvalue weighted by Gasteiger charge is 2.08. The van der Waals surface area contributed by atoms with Gasteiger partial charge in [-0.1, -0.05) is 6.07 Å². The summed E-state index contributed by atoms with van der Waals surface area (Å²) in [6.45, 7) is 0. The van der Waals surface area contributed by atoms with Crippen LogP contribution in [-0.2, 0) is 6.42 Å². The molecule has 0 aliphatic rings. The monoisotopic (exact) mass is 317 g/mol. The minimum absolute atomic E-state index is 0.544. The van der Waals surface area contributed by atoms with Crippen molar-refractivity contribution in [2.24, 2.45) is 0 Å². The molecule has 0 heterocycles. The van der Waals surface area contributed by atoms with E-state index in [0.717, 1.165) is 16.6 Å². The maximum Gasteiger partial charge on any atom is 0.133 e. The Hall–Kier alpha value is -0.190. The summed E-state index contributed by atoms with van der Waals surface area (Å²) in [5.41, 5.74) is 1.33. The summed E-state index contributed by atoms with van der Waals surface area (Å²) in [5.74, 6) is 2.09. The van der Waals surface area contributed by atoms with E-state index in [4.69, 9.17) is 4.74 Å². The highest BCUT2D eigenvalue weighted by atomic mass is 79.9. The fourth-order valence-corrected chi connectivity index (χ4v) is 2.84. The minimum atomic E-state index is 0.544. The number of ether oxygens (including phenoxy) is 1. The largest absolute Gasteiger partial charge is 0.496 e. The Morgan fingerprint density at radius 3 is 2.76 bits per heavy atom. The predicted octanol–water partition coefficient (Wildman–Crippen LogP) is 3.34. The molecular formula is C13H20BrNOS. The molecule has 96 valence electrons. The molecule has 0 amide bonds. The number of nitrogens with one attached hydrogen (secondary N) is 1. The van der Waals surface area contributed by atoms with Gasteiger partial charge in [0.05, 0.1) is 11.6 Å². The Morgan fingerprint density at radius 1 is 1.47 bits per heavy atom. The molecule has 0 bridgehead atoms. The van der Waals surface area contributed by atoms with Crippen molar-refractivity contribution in [3.8, 4) is 5.75 Å². The van der Waals surface area contributed by atoms with Crippen molar-refractivity contribution in [3.63, 3.8) is 0 Å². The van der Waals surface area contributed by atoms with Crippen LogP contribution in [0.5, 0.6) is 5.75 Å². The Kier molecular flexibility index (Phi) is 7.00. The van der Waals surface area contributed by atoms with Crippen LogP contribution in [0.15, 0.2) is 22.7 Å². The van der Waals surface area contributed by atoms with Gasteiger partial charge in [-0.2, -0.15) is 11.8 Å². The molecule has 1 atom stereocenters. The second-order valence-electron chi connectivity index (χ2n) is 3.94. The van der Waals surface area contributed by atoms with Gasteiger partial charge in [-0.05, 0) is 65.5 Å². The zero-order chi connectivity index (χ0) is 12.7. The molecule has 0 fully saturated rings. The zero-order valence-electron chi connectivity index (χ0n) is 10.6. The molecule has 0 radical (unpaired) electrons. The van der Waals surface area contributed by atoms with Crippen LogP contribution in [0, 0.1) is 0 Å². The van der Waals surface area contributed by atoms with Gasteiger partial charge in [0.15, 0.2) is 0 Å². The van der Waals surface area contributed by atoms with Crippen molar-refractivity contribution in [1.82, 2.24) is 5.32 Å². The highest BCUT2D eigenvalue weighted by Crippen LogP contribution is 2.26. The maximum absolute atomic E-state index is 5.23. The Morgan fingerprint density at radius 2 is 2.24 bits per heavy atom. The van der Waals surface area contributed by atoms with E-state index in [-0.39, 0.29) is 0 Å². The maximum atomic E-state index is 5.23. The third-order valence-electron chi connectivity index (χ3n) is 2.78. The Bertz CT molecular complexity index is 346. The number of thioether (sulfide) groups is 1. The van der Waals surface area contributed by atoms with Crippen molar-refractivity contribution < 1.29 is 4.74 Å². The van der Waals surface area contributed by atoms with Gasteiger partial charge in [0, 0.05) is 6.04 Å². The average Bonchev–Trinajstić information content (AvgIpc) is 2.34. The second kappa shape index (κ2) is 8.01. The molecule has 0 spiro atoms.